The summed E-state index contributed by atoms with van der Waals surface area (Å²) in [6, 6.07) is 9.87. The van der Waals surface area contributed by atoms with Gasteiger partial charge in [-0.2, -0.15) is 5.10 Å². The van der Waals surface area contributed by atoms with E-state index in [1.54, 1.807) is 82.1 Å². The number of urea groups is 1. The van der Waals surface area contributed by atoms with Crippen molar-refractivity contribution in [2.75, 3.05) is 17.3 Å². The Kier molecular flexibility index (Phi) is 9.39. The van der Waals surface area contributed by atoms with E-state index in [2.05, 4.69) is 20.7 Å². The molecule has 5 amide bonds. The lowest BCUT2D eigenvalue weighted by Crippen LogP contribution is -2.70. The molecular formula is C30H36ClN7O5. The Hall–Kier alpha value is -4.45. The van der Waals surface area contributed by atoms with Crippen molar-refractivity contribution in [3.05, 3.63) is 71.0 Å². The number of nitrogens with zero attached hydrogens (tertiary/aromatic N) is 5. The largest absolute Gasteiger partial charge is 0.444 e. The van der Waals surface area contributed by atoms with Crippen molar-refractivity contribution in [3.63, 3.8) is 0 Å². The van der Waals surface area contributed by atoms with Gasteiger partial charge in [0.1, 0.15) is 17.5 Å². The minimum Gasteiger partial charge on any atom is -0.444 e. The fourth-order valence-corrected chi connectivity index (χ4v) is 5.04. The number of carbonyl (C=O) groups is 4. The highest BCUT2D eigenvalue weighted by atomic mass is 35.5. The Balaban J connectivity index is 1.57. The molecule has 4 rings (SSSR count). The fraction of sp³-hybridized carbons (Fsp3) is 0.400. The van der Waals surface area contributed by atoms with Gasteiger partial charge in [-0.25, -0.2) is 14.6 Å². The van der Waals surface area contributed by atoms with Gasteiger partial charge in [-0.15, -0.1) is 0 Å². The second-order valence-corrected chi connectivity index (χ2v) is 11.8. The molecule has 1 saturated heterocycles. The SMILES string of the molecule is CC[C@@H](NC(=O)N1C(=O)[C@H](Cc2ccnc(NC(=O)OC(C)(C)C)c2)[C@H]1C(=O)N(C)c1ccn(C)n1)c1cccc(Cl)c1. The zero-order chi connectivity index (χ0) is 31.5. The Morgan fingerprint density at radius 1 is 1.16 bits per heavy atom. The molecule has 43 heavy (non-hydrogen) atoms. The molecular weight excluding hydrogens is 574 g/mol. The van der Waals surface area contributed by atoms with Gasteiger partial charge in [-0.1, -0.05) is 30.7 Å². The summed E-state index contributed by atoms with van der Waals surface area (Å²) >= 11 is 6.16. The van der Waals surface area contributed by atoms with Crippen molar-refractivity contribution in [3.8, 4) is 0 Å². The average Bonchev–Trinajstić information content (AvgIpc) is 3.37. The molecule has 3 aromatic rings. The van der Waals surface area contributed by atoms with Crippen LogP contribution < -0.4 is 15.5 Å². The van der Waals surface area contributed by atoms with Crippen LogP contribution in [-0.4, -0.2) is 62.3 Å². The van der Waals surface area contributed by atoms with Gasteiger partial charge in [0.2, 0.25) is 5.91 Å². The number of halogens is 1. The molecule has 1 aromatic carbocycles. The predicted molar refractivity (Wildman–Crippen MR) is 162 cm³/mol. The number of hydrogen-bond donors (Lipinski definition) is 2. The number of amides is 5. The number of hydrogen-bond acceptors (Lipinski definition) is 7. The monoisotopic (exact) mass is 609 g/mol. The van der Waals surface area contributed by atoms with Gasteiger partial charge in [0, 0.05) is 37.6 Å². The van der Waals surface area contributed by atoms with E-state index >= 15 is 0 Å². The summed E-state index contributed by atoms with van der Waals surface area (Å²) in [6.07, 6.45) is 3.18. The maximum Gasteiger partial charge on any atom is 0.413 e. The summed E-state index contributed by atoms with van der Waals surface area (Å²) < 4.78 is 6.85. The molecule has 2 N–H and O–H groups in total. The number of ether oxygens (including phenoxy) is 1. The van der Waals surface area contributed by atoms with Gasteiger partial charge in [0.05, 0.1) is 12.0 Å². The Morgan fingerprint density at radius 3 is 2.53 bits per heavy atom. The van der Waals surface area contributed by atoms with E-state index in [0.29, 0.717) is 22.8 Å². The number of benzene rings is 1. The standard InChI is InChI=1S/C30H36ClN7O5/c1-7-22(19-9-8-10-20(31)17-19)33-28(41)38-25(27(40)37(6)24-12-14-36(5)35-24)21(26(38)39)15-18-11-13-32-23(16-18)34-29(42)43-30(2,3)4/h8-14,16-17,21-22,25H,7,15H2,1-6H3,(H,33,41)(H,32,34,42)/t21-,22-,25+/m1/s1. The van der Waals surface area contributed by atoms with Gasteiger partial charge in [-0.3, -0.25) is 29.4 Å². The molecule has 228 valence electrons. The first-order valence-electron chi connectivity index (χ1n) is 13.9. The van der Waals surface area contributed by atoms with Crippen LogP contribution in [0.2, 0.25) is 5.02 Å². The predicted octanol–water partition coefficient (Wildman–Crippen LogP) is 4.71. The quantitative estimate of drug-likeness (QED) is 0.353. The lowest BCUT2D eigenvalue weighted by molar-refractivity contribution is -0.156. The third-order valence-corrected chi connectivity index (χ3v) is 7.16. The van der Waals surface area contributed by atoms with Crippen molar-refractivity contribution in [1.82, 2.24) is 25.0 Å². The Bertz CT molecular complexity index is 1520. The maximum absolute atomic E-state index is 13.8. The van der Waals surface area contributed by atoms with Crippen LogP contribution in [0.15, 0.2) is 54.9 Å². The molecule has 13 heteroatoms. The van der Waals surface area contributed by atoms with E-state index in [9.17, 15) is 19.2 Å². The number of nitrogens with one attached hydrogen (secondary N) is 2. The van der Waals surface area contributed by atoms with Crippen LogP contribution in [0.4, 0.5) is 21.2 Å². The molecule has 1 fully saturated rings. The number of β-lactam (4-membered cyclic amide) rings is 1. The number of likely N-dealkylation sites (tertiary alicyclic amines) is 1. The second kappa shape index (κ2) is 12.8. The first-order valence-corrected chi connectivity index (χ1v) is 14.3. The van der Waals surface area contributed by atoms with Crippen LogP contribution in [0.5, 0.6) is 0 Å². The van der Waals surface area contributed by atoms with Crippen molar-refractivity contribution < 1.29 is 23.9 Å². The van der Waals surface area contributed by atoms with E-state index < -0.39 is 47.5 Å². The molecule has 12 nitrogen and oxygen atoms in total. The number of likely N-dealkylation sites (N-methyl/N-ethyl adjacent to an activating group) is 1. The van der Waals surface area contributed by atoms with Crippen LogP contribution in [-0.2, 0) is 27.8 Å². The number of aromatic nitrogens is 3. The first kappa shape index (κ1) is 31.5. The normalized spacial score (nSPS) is 17.1. The molecule has 0 aliphatic carbocycles. The summed E-state index contributed by atoms with van der Waals surface area (Å²) in [5, 5.41) is 10.3. The smallest absolute Gasteiger partial charge is 0.413 e. The number of aryl methyl sites for hydroxylation is 1. The molecule has 0 unspecified atom stereocenters. The van der Waals surface area contributed by atoms with Crippen LogP contribution in [0.1, 0.15) is 51.3 Å². The molecule has 1 aliphatic rings. The number of pyridine rings is 1. The molecule has 0 spiro atoms. The topological polar surface area (TPSA) is 139 Å². The van der Waals surface area contributed by atoms with Gasteiger partial charge in [0.15, 0.2) is 5.82 Å². The lowest BCUT2D eigenvalue weighted by Gasteiger charge is -2.45. The zero-order valence-electron chi connectivity index (χ0n) is 25.0. The summed E-state index contributed by atoms with van der Waals surface area (Å²) in [6.45, 7) is 7.14. The maximum atomic E-state index is 13.8. The van der Waals surface area contributed by atoms with Crippen molar-refractivity contribution in [1.29, 1.82) is 0 Å². The van der Waals surface area contributed by atoms with Crippen LogP contribution >= 0.6 is 11.6 Å². The zero-order valence-corrected chi connectivity index (χ0v) is 25.8. The van der Waals surface area contributed by atoms with E-state index in [1.165, 1.54) is 11.1 Å². The Labute approximate surface area is 255 Å². The highest BCUT2D eigenvalue weighted by Crippen LogP contribution is 2.33. The average molecular weight is 610 g/mol. The third-order valence-electron chi connectivity index (χ3n) is 6.93. The number of rotatable bonds is 8. The summed E-state index contributed by atoms with van der Waals surface area (Å²) in [5.41, 5.74) is 0.729. The van der Waals surface area contributed by atoms with E-state index in [-0.39, 0.29) is 12.2 Å². The second-order valence-electron chi connectivity index (χ2n) is 11.4. The van der Waals surface area contributed by atoms with Gasteiger partial charge < -0.3 is 10.1 Å². The van der Waals surface area contributed by atoms with E-state index in [4.69, 9.17) is 16.3 Å². The Morgan fingerprint density at radius 2 is 1.91 bits per heavy atom. The van der Waals surface area contributed by atoms with Crippen molar-refractivity contribution >= 4 is 47.2 Å². The van der Waals surface area contributed by atoms with Gasteiger partial charge in [0.25, 0.3) is 5.91 Å². The fourth-order valence-electron chi connectivity index (χ4n) is 4.84. The van der Waals surface area contributed by atoms with Crippen molar-refractivity contribution in [2.24, 2.45) is 13.0 Å². The number of carbonyl (C=O) groups excluding carboxylic acids is 4. The van der Waals surface area contributed by atoms with E-state index in [1.807, 2.05) is 13.0 Å². The molecule has 2 aromatic heterocycles. The molecule has 0 radical (unpaired) electrons. The summed E-state index contributed by atoms with van der Waals surface area (Å²) in [7, 11) is 3.28. The summed E-state index contributed by atoms with van der Waals surface area (Å²) in [5.74, 6) is -1.19. The molecule has 0 saturated carbocycles. The van der Waals surface area contributed by atoms with Crippen LogP contribution in [0.3, 0.4) is 0 Å². The van der Waals surface area contributed by atoms with Gasteiger partial charge >= 0.3 is 12.1 Å². The summed E-state index contributed by atoms with van der Waals surface area (Å²) in [4.78, 5) is 59.6. The van der Waals surface area contributed by atoms with Crippen LogP contribution in [0.25, 0.3) is 0 Å². The first-order chi connectivity index (χ1) is 20.3. The molecule has 1 aliphatic heterocycles. The van der Waals surface area contributed by atoms with Crippen molar-refractivity contribution in [2.45, 2.75) is 58.2 Å². The number of anilines is 2. The minimum absolute atomic E-state index is 0.131. The van der Waals surface area contributed by atoms with Gasteiger partial charge in [-0.05, 0) is 69.0 Å². The highest BCUT2D eigenvalue weighted by Gasteiger charge is 2.55. The molecule has 3 atom stereocenters. The highest BCUT2D eigenvalue weighted by molar-refractivity contribution is 6.30. The minimum atomic E-state index is -1.09. The number of imide groups is 1. The molecule has 0 bridgehead atoms. The lowest BCUT2D eigenvalue weighted by atomic mass is 9.81. The third kappa shape index (κ3) is 7.50. The van der Waals surface area contributed by atoms with E-state index in [0.717, 1.165) is 10.5 Å². The molecule has 3 heterocycles. The van der Waals surface area contributed by atoms with Crippen LogP contribution in [0, 0.1) is 5.92 Å².